The van der Waals surface area contributed by atoms with Crippen LogP contribution in [-0.2, 0) is 17.4 Å². The number of halogens is 3. The second kappa shape index (κ2) is 5.80. The number of aromatic nitrogens is 2. The molecule has 0 spiro atoms. The molecule has 5 nitrogen and oxygen atoms in total. The Morgan fingerprint density at radius 3 is 2.78 bits per heavy atom. The molecule has 1 aromatic carbocycles. The largest absolute Gasteiger partial charge is 0.445 e. The van der Waals surface area contributed by atoms with Crippen LogP contribution < -0.4 is 10.2 Å². The molecule has 1 atom stereocenters. The Balaban J connectivity index is 1.70. The van der Waals surface area contributed by atoms with Crippen molar-refractivity contribution in [2.75, 3.05) is 16.8 Å². The van der Waals surface area contributed by atoms with Crippen molar-refractivity contribution in [2.24, 2.45) is 0 Å². The molecule has 23 heavy (non-hydrogen) atoms. The molecule has 0 saturated carbocycles. The lowest BCUT2D eigenvalue weighted by molar-refractivity contribution is -0.138. The Morgan fingerprint density at radius 1 is 1.35 bits per heavy atom. The van der Waals surface area contributed by atoms with Gasteiger partial charge in [0, 0.05) is 12.2 Å². The summed E-state index contributed by atoms with van der Waals surface area (Å²) in [4.78, 5) is 14.2. The number of amides is 1. The summed E-state index contributed by atoms with van der Waals surface area (Å²) < 4.78 is 37.5. The van der Waals surface area contributed by atoms with Crippen LogP contribution in [0.3, 0.4) is 0 Å². The van der Waals surface area contributed by atoms with Gasteiger partial charge in [-0.2, -0.15) is 13.2 Å². The fraction of sp³-hybridized carbons (Fsp3) is 0.357. The van der Waals surface area contributed by atoms with Gasteiger partial charge in [-0.15, -0.1) is 10.2 Å². The van der Waals surface area contributed by atoms with Crippen molar-refractivity contribution in [1.29, 1.82) is 0 Å². The zero-order valence-electron chi connectivity index (χ0n) is 12.1. The molecule has 0 fully saturated rings. The molecular formula is C14H13F3N4OS. The smallest absolute Gasteiger partial charge is 0.349 e. The van der Waals surface area contributed by atoms with Gasteiger partial charge in [0.2, 0.25) is 16.0 Å². The fourth-order valence-corrected chi connectivity index (χ4v) is 3.14. The molecule has 1 N–H and O–H groups in total. The molecule has 0 bridgehead atoms. The third-order valence-electron chi connectivity index (χ3n) is 3.53. The maximum atomic E-state index is 12.5. The summed E-state index contributed by atoms with van der Waals surface area (Å²) in [6.45, 7) is 2.16. The highest BCUT2D eigenvalue weighted by Gasteiger charge is 2.36. The number of benzene rings is 1. The highest BCUT2D eigenvalue weighted by atomic mass is 32.1. The van der Waals surface area contributed by atoms with Crippen molar-refractivity contribution in [1.82, 2.24) is 10.2 Å². The Bertz CT molecular complexity index is 731. The first-order chi connectivity index (χ1) is 10.9. The number of para-hydroxylation sites is 1. The van der Waals surface area contributed by atoms with Crippen molar-refractivity contribution in [3.05, 3.63) is 34.8 Å². The Hall–Kier alpha value is -2.16. The fourth-order valence-electron chi connectivity index (χ4n) is 2.44. The lowest BCUT2D eigenvalue weighted by Gasteiger charge is -2.22. The van der Waals surface area contributed by atoms with Crippen LogP contribution in [0.4, 0.5) is 24.0 Å². The van der Waals surface area contributed by atoms with Gasteiger partial charge in [-0.05, 0) is 25.0 Å². The van der Waals surface area contributed by atoms with E-state index in [0.29, 0.717) is 17.9 Å². The molecule has 2 heterocycles. The number of nitrogens with zero attached hydrogens (tertiary/aromatic N) is 3. The minimum absolute atomic E-state index is 0.0225. The molecule has 9 heteroatoms. The zero-order chi connectivity index (χ0) is 16.6. The van der Waals surface area contributed by atoms with Crippen LogP contribution in [0.25, 0.3) is 0 Å². The summed E-state index contributed by atoms with van der Waals surface area (Å²) in [5.41, 5.74) is 1.93. The van der Waals surface area contributed by atoms with Gasteiger partial charge in [-0.1, -0.05) is 29.5 Å². The number of rotatable bonds is 3. The van der Waals surface area contributed by atoms with Crippen LogP contribution in [0.1, 0.15) is 17.5 Å². The van der Waals surface area contributed by atoms with E-state index in [1.165, 1.54) is 0 Å². The first kappa shape index (κ1) is 15.7. The lowest BCUT2D eigenvalue weighted by Crippen LogP contribution is -2.40. The highest BCUT2D eigenvalue weighted by molar-refractivity contribution is 7.15. The molecule has 122 valence electrons. The molecule has 0 aliphatic carbocycles. The predicted molar refractivity (Wildman–Crippen MR) is 80.5 cm³/mol. The molecule has 3 rings (SSSR count). The standard InChI is InChI=1S/C14H13F3N4OS/c1-8(18-13-20-19-12(23-13)14(15,16)17)11(22)21-7-6-9-4-2-3-5-10(9)21/h2-5,8H,6-7H2,1H3,(H,18,20)/t8-/m1/s1. The van der Waals surface area contributed by atoms with Crippen molar-refractivity contribution in [3.8, 4) is 0 Å². The molecule has 0 unspecified atom stereocenters. The Labute approximate surface area is 134 Å². The molecule has 2 aromatic rings. The van der Waals surface area contributed by atoms with Gasteiger partial charge >= 0.3 is 6.18 Å². The summed E-state index contributed by atoms with van der Waals surface area (Å²) in [7, 11) is 0. The van der Waals surface area contributed by atoms with Gasteiger partial charge in [0.15, 0.2) is 0 Å². The lowest BCUT2D eigenvalue weighted by atomic mass is 10.2. The molecule has 1 amide bonds. The molecule has 1 aliphatic heterocycles. The van der Waals surface area contributed by atoms with Crippen molar-refractivity contribution in [2.45, 2.75) is 25.6 Å². The summed E-state index contributed by atoms with van der Waals surface area (Å²) >= 11 is 0.385. The van der Waals surface area contributed by atoms with E-state index in [9.17, 15) is 18.0 Å². The van der Waals surface area contributed by atoms with Gasteiger partial charge < -0.3 is 10.2 Å². The van der Waals surface area contributed by atoms with Crippen LogP contribution in [-0.4, -0.2) is 28.7 Å². The normalized spacial score (nSPS) is 15.4. The zero-order valence-corrected chi connectivity index (χ0v) is 12.9. The van der Waals surface area contributed by atoms with E-state index in [4.69, 9.17) is 0 Å². The monoisotopic (exact) mass is 342 g/mol. The second-order valence-electron chi connectivity index (χ2n) is 5.14. The molecular weight excluding hydrogens is 329 g/mol. The van der Waals surface area contributed by atoms with Gasteiger partial charge in [0.1, 0.15) is 6.04 Å². The predicted octanol–water partition coefficient (Wildman–Crippen LogP) is 2.95. The van der Waals surface area contributed by atoms with E-state index in [1.54, 1.807) is 11.8 Å². The van der Waals surface area contributed by atoms with Gasteiger partial charge in [0.25, 0.3) is 0 Å². The number of carbonyl (C=O) groups excluding carboxylic acids is 1. The van der Waals surface area contributed by atoms with Crippen LogP contribution in [0.15, 0.2) is 24.3 Å². The first-order valence-corrected chi connectivity index (χ1v) is 7.74. The molecule has 1 aromatic heterocycles. The van der Waals surface area contributed by atoms with Crippen molar-refractivity contribution < 1.29 is 18.0 Å². The third kappa shape index (κ3) is 3.14. The first-order valence-electron chi connectivity index (χ1n) is 6.93. The molecule has 0 radical (unpaired) electrons. The second-order valence-corrected chi connectivity index (χ2v) is 6.12. The van der Waals surface area contributed by atoms with Crippen molar-refractivity contribution in [3.63, 3.8) is 0 Å². The number of carbonyl (C=O) groups is 1. The van der Waals surface area contributed by atoms with Crippen LogP contribution >= 0.6 is 11.3 Å². The summed E-state index contributed by atoms with van der Waals surface area (Å²) in [6, 6.07) is 6.88. The van der Waals surface area contributed by atoms with E-state index in [2.05, 4.69) is 15.5 Å². The summed E-state index contributed by atoms with van der Waals surface area (Å²) in [6.07, 6.45) is -3.76. The van der Waals surface area contributed by atoms with Crippen LogP contribution in [0, 0.1) is 0 Å². The highest BCUT2D eigenvalue weighted by Crippen LogP contribution is 2.33. The maximum Gasteiger partial charge on any atom is 0.445 e. The Morgan fingerprint density at radius 2 is 2.09 bits per heavy atom. The third-order valence-corrected chi connectivity index (χ3v) is 4.43. The van der Waals surface area contributed by atoms with Gasteiger partial charge in [-0.25, -0.2) is 0 Å². The van der Waals surface area contributed by atoms with E-state index in [1.807, 2.05) is 24.3 Å². The number of fused-ring (bicyclic) bond motifs is 1. The SMILES string of the molecule is C[C@@H](Nc1nnc(C(F)(F)F)s1)C(=O)N1CCc2ccccc21. The molecule has 1 aliphatic rings. The minimum atomic E-state index is -4.53. The van der Waals surface area contributed by atoms with Crippen molar-refractivity contribution >= 4 is 28.1 Å². The number of hydrogen-bond donors (Lipinski definition) is 1. The van der Waals surface area contributed by atoms with Gasteiger partial charge in [0.05, 0.1) is 0 Å². The van der Waals surface area contributed by atoms with Crippen LogP contribution in [0.2, 0.25) is 0 Å². The minimum Gasteiger partial charge on any atom is -0.349 e. The average molecular weight is 342 g/mol. The number of anilines is 2. The van der Waals surface area contributed by atoms with Crippen LogP contribution in [0.5, 0.6) is 0 Å². The summed E-state index contributed by atoms with van der Waals surface area (Å²) in [5, 5.41) is 8.17. The van der Waals surface area contributed by atoms with E-state index in [0.717, 1.165) is 17.7 Å². The van der Waals surface area contributed by atoms with Gasteiger partial charge in [-0.3, -0.25) is 4.79 Å². The topological polar surface area (TPSA) is 58.1 Å². The van der Waals surface area contributed by atoms with E-state index in [-0.39, 0.29) is 11.0 Å². The summed E-state index contributed by atoms with van der Waals surface area (Å²) in [5.74, 6) is -0.210. The average Bonchev–Trinajstić information content (AvgIpc) is 3.12. The quantitative estimate of drug-likeness (QED) is 0.932. The number of alkyl halides is 3. The van der Waals surface area contributed by atoms with E-state index < -0.39 is 17.2 Å². The maximum absolute atomic E-state index is 12.5. The number of hydrogen-bond acceptors (Lipinski definition) is 5. The van der Waals surface area contributed by atoms with E-state index >= 15 is 0 Å². The molecule has 0 saturated heterocycles. The number of nitrogens with one attached hydrogen (secondary N) is 1. The Kier molecular flexibility index (Phi) is 3.97.